The van der Waals surface area contributed by atoms with Crippen molar-refractivity contribution in [1.29, 1.82) is 0 Å². The number of amides is 1. The Morgan fingerprint density at radius 2 is 1.75 bits per heavy atom. The van der Waals surface area contributed by atoms with Gasteiger partial charge in [-0.1, -0.05) is 50.2 Å². The number of methoxy groups -OCH3 is 1. The maximum absolute atomic E-state index is 13.3. The molecule has 3 rings (SSSR count). The molecule has 1 heterocycles. The van der Waals surface area contributed by atoms with Gasteiger partial charge < -0.3 is 10.1 Å². The summed E-state index contributed by atoms with van der Waals surface area (Å²) in [5.74, 6) is -0.379. The number of hydrogen-bond donors (Lipinski definition) is 1. The zero-order chi connectivity index (χ0) is 23.3. The fourth-order valence-corrected chi connectivity index (χ4v) is 4.19. The molecule has 2 aromatic rings. The third-order valence-corrected chi connectivity index (χ3v) is 6.32. The van der Waals surface area contributed by atoms with Crippen LogP contribution in [0.1, 0.15) is 66.7 Å². The number of rotatable bonds is 7. The zero-order valence-corrected chi connectivity index (χ0v) is 19.4. The smallest absolute Gasteiger partial charge is 0.337 e. The highest BCUT2D eigenvalue weighted by atomic mass is 19.1. The number of carbonyl (C=O) groups excluding carboxylic acids is 2. The number of halogens is 1. The summed E-state index contributed by atoms with van der Waals surface area (Å²) in [5, 5.41) is 3.15. The van der Waals surface area contributed by atoms with Crippen LogP contribution in [0.25, 0.3) is 0 Å². The number of alkyl halides is 1. The van der Waals surface area contributed by atoms with Crippen LogP contribution in [0.3, 0.4) is 0 Å². The van der Waals surface area contributed by atoms with Gasteiger partial charge in [0.15, 0.2) is 0 Å². The highest BCUT2D eigenvalue weighted by Crippen LogP contribution is 2.35. The molecule has 0 aliphatic carbocycles. The van der Waals surface area contributed by atoms with Crippen LogP contribution in [0.2, 0.25) is 0 Å². The highest BCUT2D eigenvalue weighted by molar-refractivity contribution is 5.89. The number of piperidine rings is 1. The summed E-state index contributed by atoms with van der Waals surface area (Å²) in [6.07, 6.45) is 1.79. The summed E-state index contributed by atoms with van der Waals surface area (Å²) in [6, 6.07) is 14.2. The molecule has 32 heavy (non-hydrogen) atoms. The van der Waals surface area contributed by atoms with Crippen LogP contribution in [0.15, 0.2) is 48.5 Å². The lowest BCUT2D eigenvalue weighted by Crippen LogP contribution is -2.53. The van der Waals surface area contributed by atoms with E-state index in [0.29, 0.717) is 17.7 Å². The molecule has 1 aliphatic rings. The molecule has 5 nitrogen and oxygen atoms in total. The van der Waals surface area contributed by atoms with Crippen molar-refractivity contribution < 1.29 is 18.7 Å². The predicted molar refractivity (Wildman–Crippen MR) is 123 cm³/mol. The Balaban J connectivity index is 1.70. The first-order chi connectivity index (χ1) is 15.2. The maximum Gasteiger partial charge on any atom is 0.337 e. The average molecular weight is 441 g/mol. The molecule has 2 aromatic carbocycles. The van der Waals surface area contributed by atoms with Gasteiger partial charge in [-0.3, -0.25) is 9.69 Å². The molecular formula is C26H33FN2O3. The molecule has 1 N–H and O–H groups in total. The third-order valence-electron chi connectivity index (χ3n) is 6.32. The van der Waals surface area contributed by atoms with Crippen molar-refractivity contribution in [3.8, 4) is 0 Å². The minimum atomic E-state index is -0.471. The Bertz CT molecular complexity index is 925. The second-order valence-corrected chi connectivity index (χ2v) is 9.40. The second-order valence-electron chi connectivity index (χ2n) is 9.40. The quantitative estimate of drug-likeness (QED) is 0.628. The Morgan fingerprint density at radius 3 is 2.34 bits per heavy atom. The minimum absolute atomic E-state index is 0.00250. The van der Waals surface area contributed by atoms with E-state index in [9.17, 15) is 14.0 Å². The number of carbonyl (C=O) groups is 2. The van der Waals surface area contributed by atoms with Gasteiger partial charge in [0.2, 0.25) is 5.91 Å². The number of nitrogens with one attached hydrogen (secondary N) is 1. The van der Waals surface area contributed by atoms with E-state index in [1.165, 1.54) is 7.11 Å². The SMILES string of the molecule is COC(=O)c1ccc([C@H](C)NC(=O)C2CC(C)(C)CCN2Cc2ccc(CF)cc2)cc1. The fraction of sp³-hybridized carbons (Fsp3) is 0.462. The molecule has 1 saturated heterocycles. The Labute approximate surface area is 190 Å². The lowest BCUT2D eigenvalue weighted by atomic mass is 9.78. The van der Waals surface area contributed by atoms with Crippen molar-refractivity contribution in [3.63, 3.8) is 0 Å². The molecule has 0 aromatic heterocycles. The van der Waals surface area contributed by atoms with E-state index in [0.717, 1.165) is 30.5 Å². The van der Waals surface area contributed by atoms with Gasteiger partial charge in [0.25, 0.3) is 0 Å². The number of benzene rings is 2. The first kappa shape index (κ1) is 23.9. The summed E-state index contributed by atoms with van der Waals surface area (Å²) in [6.45, 7) is 7.37. The van der Waals surface area contributed by atoms with Gasteiger partial charge in [-0.05, 0) is 60.5 Å². The number of esters is 1. The molecule has 0 spiro atoms. The van der Waals surface area contributed by atoms with Gasteiger partial charge in [-0.25, -0.2) is 9.18 Å². The van der Waals surface area contributed by atoms with E-state index < -0.39 is 6.67 Å². The Hall–Kier alpha value is -2.73. The van der Waals surface area contributed by atoms with Crippen LogP contribution in [-0.4, -0.2) is 36.5 Å². The number of nitrogens with zero attached hydrogens (tertiary/aromatic N) is 1. The van der Waals surface area contributed by atoms with Gasteiger partial charge >= 0.3 is 5.97 Å². The van der Waals surface area contributed by atoms with E-state index in [2.05, 4.69) is 24.1 Å². The summed E-state index contributed by atoms with van der Waals surface area (Å²) in [4.78, 5) is 27.2. The van der Waals surface area contributed by atoms with E-state index in [1.807, 2.05) is 31.2 Å². The number of hydrogen-bond acceptors (Lipinski definition) is 4. The lowest BCUT2D eigenvalue weighted by molar-refractivity contribution is -0.130. The van der Waals surface area contributed by atoms with Crippen molar-refractivity contribution >= 4 is 11.9 Å². The summed E-state index contributed by atoms with van der Waals surface area (Å²) in [5.41, 5.74) is 3.23. The van der Waals surface area contributed by atoms with Crippen LogP contribution in [0.5, 0.6) is 0 Å². The van der Waals surface area contributed by atoms with Crippen LogP contribution in [-0.2, 0) is 22.8 Å². The molecule has 172 valence electrons. The van der Waals surface area contributed by atoms with E-state index >= 15 is 0 Å². The minimum Gasteiger partial charge on any atom is -0.465 e. The van der Waals surface area contributed by atoms with E-state index in [1.54, 1.807) is 24.3 Å². The van der Waals surface area contributed by atoms with Crippen LogP contribution < -0.4 is 5.32 Å². The number of likely N-dealkylation sites (tertiary alicyclic amines) is 1. The van der Waals surface area contributed by atoms with E-state index in [-0.39, 0.29) is 29.4 Å². The molecule has 1 amide bonds. The van der Waals surface area contributed by atoms with Gasteiger partial charge in [-0.15, -0.1) is 0 Å². The highest BCUT2D eigenvalue weighted by Gasteiger charge is 2.37. The summed E-state index contributed by atoms with van der Waals surface area (Å²) >= 11 is 0. The Morgan fingerprint density at radius 1 is 1.12 bits per heavy atom. The first-order valence-corrected chi connectivity index (χ1v) is 11.1. The molecule has 1 unspecified atom stereocenters. The fourth-order valence-electron chi connectivity index (χ4n) is 4.19. The van der Waals surface area contributed by atoms with Gasteiger partial charge in [-0.2, -0.15) is 0 Å². The van der Waals surface area contributed by atoms with Crippen LogP contribution in [0.4, 0.5) is 4.39 Å². The van der Waals surface area contributed by atoms with Crippen LogP contribution >= 0.6 is 0 Å². The van der Waals surface area contributed by atoms with Crippen molar-refractivity contribution in [3.05, 3.63) is 70.8 Å². The maximum atomic E-state index is 13.3. The van der Waals surface area contributed by atoms with Crippen molar-refractivity contribution in [1.82, 2.24) is 10.2 Å². The van der Waals surface area contributed by atoms with Crippen molar-refractivity contribution in [2.45, 2.75) is 58.9 Å². The normalized spacial score (nSPS) is 19.2. The molecule has 2 atom stereocenters. The van der Waals surface area contributed by atoms with Gasteiger partial charge in [0.05, 0.1) is 24.8 Å². The third kappa shape index (κ3) is 5.94. The molecule has 6 heteroatoms. The van der Waals surface area contributed by atoms with Gasteiger partial charge in [0, 0.05) is 6.54 Å². The predicted octanol–water partition coefficient (Wildman–Crippen LogP) is 4.81. The molecular weight excluding hydrogens is 407 g/mol. The topological polar surface area (TPSA) is 58.6 Å². The first-order valence-electron chi connectivity index (χ1n) is 11.1. The lowest BCUT2D eigenvalue weighted by Gasteiger charge is -2.43. The second kappa shape index (κ2) is 10.3. The summed E-state index contributed by atoms with van der Waals surface area (Å²) in [7, 11) is 1.35. The number of ether oxygens (including phenoxy) is 1. The van der Waals surface area contributed by atoms with Gasteiger partial charge in [0.1, 0.15) is 6.67 Å². The van der Waals surface area contributed by atoms with Crippen LogP contribution in [0, 0.1) is 5.41 Å². The molecule has 0 bridgehead atoms. The van der Waals surface area contributed by atoms with Crippen molar-refractivity contribution in [2.24, 2.45) is 5.41 Å². The zero-order valence-electron chi connectivity index (χ0n) is 19.4. The Kier molecular flexibility index (Phi) is 7.67. The monoisotopic (exact) mass is 440 g/mol. The molecule has 1 fully saturated rings. The average Bonchev–Trinajstić information content (AvgIpc) is 2.80. The standard InChI is InChI=1S/C26H33FN2O3/c1-18(21-9-11-22(12-10-21)25(31)32-4)28-24(30)23-15-26(2,3)13-14-29(23)17-20-7-5-19(16-27)6-8-20/h5-12,18,23H,13-17H2,1-4H3,(H,28,30)/t18-,23?/m0/s1. The largest absolute Gasteiger partial charge is 0.465 e. The van der Waals surface area contributed by atoms with Crippen molar-refractivity contribution in [2.75, 3.05) is 13.7 Å². The molecule has 0 radical (unpaired) electrons. The van der Waals surface area contributed by atoms with E-state index in [4.69, 9.17) is 4.74 Å². The molecule has 1 aliphatic heterocycles. The molecule has 0 saturated carbocycles. The summed E-state index contributed by atoms with van der Waals surface area (Å²) < 4.78 is 17.6.